The van der Waals surface area contributed by atoms with E-state index in [1.807, 2.05) is 0 Å². The number of carbonyl (C=O) groups is 1. The molecule has 13 heavy (non-hydrogen) atoms. The molecule has 0 saturated heterocycles. The van der Waals surface area contributed by atoms with E-state index in [1.54, 1.807) is 6.07 Å². The van der Waals surface area contributed by atoms with Crippen molar-refractivity contribution in [3.8, 4) is 0 Å². The monoisotopic (exact) mass is 188 g/mol. The number of carboxylic acids is 1. The first-order chi connectivity index (χ1) is 5.55. The molecule has 0 spiro atoms. The molecule has 1 rings (SSSR count). The Labute approximate surface area is 98.7 Å². The van der Waals surface area contributed by atoms with Gasteiger partial charge in [-0.05, 0) is 19.9 Å². The van der Waals surface area contributed by atoms with Crippen LogP contribution in [0.4, 0.5) is 0 Å². The quantitative estimate of drug-likeness (QED) is 0.452. The Hall–Kier alpha value is -0.450. The number of nitrogens with zero attached hydrogens (tertiary/aromatic N) is 2. The minimum absolute atomic E-state index is 0. The van der Waals surface area contributed by atoms with Gasteiger partial charge in [-0.15, -0.1) is 0 Å². The first kappa shape index (κ1) is 12.6. The fourth-order valence-electron chi connectivity index (χ4n) is 0.713. The van der Waals surface area contributed by atoms with Crippen LogP contribution in [0.5, 0.6) is 0 Å². The molecule has 0 aliphatic heterocycles. The molecule has 64 valence electrons. The molecule has 0 amide bonds. The molecule has 0 aliphatic carbocycles. The van der Waals surface area contributed by atoms with Crippen molar-refractivity contribution in [2.75, 3.05) is 0 Å². The van der Waals surface area contributed by atoms with Gasteiger partial charge in [-0.25, -0.2) is 9.97 Å². The average Bonchev–Trinajstić information content (AvgIpc) is 2.06. The molecule has 0 bridgehead atoms. The second-order valence-electron chi connectivity index (χ2n) is 2.98. The molecular weight excluding hydrogens is 179 g/mol. The summed E-state index contributed by atoms with van der Waals surface area (Å²) in [4.78, 5) is 18.3. The van der Waals surface area contributed by atoms with Gasteiger partial charge in [-0.1, -0.05) is 0 Å². The van der Waals surface area contributed by atoms with E-state index in [0.29, 0.717) is 0 Å². The van der Waals surface area contributed by atoms with Crippen molar-refractivity contribution < 1.29 is 39.5 Å². The minimum atomic E-state index is -1.17. The Morgan fingerprint density at radius 3 is 2.23 bits per heavy atom. The van der Waals surface area contributed by atoms with E-state index in [0.717, 1.165) is 0 Å². The summed E-state index contributed by atoms with van der Waals surface area (Å²) >= 11 is 0. The van der Waals surface area contributed by atoms with Crippen molar-refractivity contribution in [3.63, 3.8) is 0 Å². The van der Waals surface area contributed by atoms with E-state index in [9.17, 15) is 9.90 Å². The number of rotatable bonds is 2. The molecule has 0 saturated carbocycles. The van der Waals surface area contributed by atoms with Crippen LogP contribution in [0.15, 0.2) is 18.5 Å². The molecule has 0 radical (unpaired) electrons. The number of aromatic nitrogens is 2. The topological polar surface area (TPSA) is 65.9 Å². The third-order valence-corrected chi connectivity index (χ3v) is 1.64. The first-order valence-corrected chi connectivity index (χ1v) is 3.54. The van der Waals surface area contributed by atoms with Crippen molar-refractivity contribution in [3.05, 3.63) is 24.3 Å². The van der Waals surface area contributed by atoms with Crippen molar-refractivity contribution >= 4 is 5.97 Å². The summed E-state index contributed by atoms with van der Waals surface area (Å²) in [5.74, 6) is -0.904. The molecule has 5 heteroatoms. The van der Waals surface area contributed by atoms with E-state index in [4.69, 9.17) is 0 Å². The molecule has 0 atom stereocenters. The normalized spacial score (nSPS) is 10.3. The van der Waals surface area contributed by atoms with Gasteiger partial charge in [0.15, 0.2) is 0 Å². The van der Waals surface area contributed by atoms with Crippen LogP contribution in [0.3, 0.4) is 0 Å². The minimum Gasteiger partial charge on any atom is -0.549 e. The summed E-state index contributed by atoms with van der Waals surface area (Å²) in [7, 11) is 0. The van der Waals surface area contributed by atoms with E-state index in [1.165, 1.54) is 26.2 Å². The van der Waals surface area contributed by atoms with E-state index in [-0.39, 0.29) is 35.4 Å². The second-order valence-corrected chi connectivity index (χ2v) is 2.98. The van der Waals surface area contributed by atoms with Crippen molar-refractivity contribution in [1.82, 2.24) is 9.97 Å². The molecular formula is C8H9N2NaO2. The molecule has 0 N–H and O–H groups in total. The standard InChI is InChI=1S/C8H10N2O2.Na/c1-8(2,7(11)12)6-9-4-3-5-10-6;/h3-5H,1-2H3,(H,11,12);/q;+1/p-1. The van der Waals surface area contributed by atoms with Crippen molar-refractivity contribution in [2.45, 2.75) is 19.3 Å². The Morgan fingerprint density at radius 1 is 1.38 bits per heavy atom. The fraction of sp³-hybridized carbons (Fsp3) is 0.375. The Balaban J connectivity index is 0.00000144. The van der Waals surface area contributed by atoms with Gasteiger partial charge in [0.25, 0.3) is 0 Å². The molecule has 0 fully saturated rings. The van der Waals surface area contributed by atoms with Gasteiger partial charge in [-0.2, -0.15) is 0 Å². The number of hydrogen-bond donors (Lipinski definition) is 0. The van der Waals surface area contributed by atoms with Gasteiger partial charge in [0, 0.05) is 12.4 Å². The third-order valence-electron chi connectivity index (χ3n) is 1.64. The van der Waals surface area contributed by atoms with Gasteiger partial charge in [0.1, 0.15) is 5.82 Å². The van der Waals surface area contributed by atoms with Crippen molar-refractivity contribution in [2.24, 2.45) is 0 Å². The van der Waals surface area contributed by atoms with Gasteiger partial charge < -0.3 is 9.90 Å². The van der Waals surface area contributed by atoms with Crippen LogP contribution >= 0.6 is 0 Å². The summed E-state index contributed by atoms with van der Waals surface area (Å²) in [6.07, 6.45) is 3.01. The van der Waals surface area contributed by atoms with E-state index >= 15 is 0 Å². The molecule has 0 aliphatic rings. The summed E-state index contributed by atoms with van der Waals surface area (Å²) < 4.78 is 0. The number of hydrogen-bond acceptors (Lipinski definition) is 4. The zero-order valence-corrected chi connectivity index (χ0v) is 9.94. The van der Waals surface area contributed by atoms with Crippen LogP contribution in [-0.2, 0) is 10.2 Å². The maximum atomic E-state index is 10.6. The van der Waals surface area contributed by atoms with Crippen LogP contribution in [0.2, 0.25) is 0 Å². The largest absolute Gasteiger partial charge is 1.00 e. The zero-order valence-electron chi connectivity index (χ0n) is 7.94. The van der Waals surface area contributed by atoms with Crippen LogP contribution in [0.25, 0.3) is 0 Å². The summed E-state index contributed by atoms with van der Waals surface area (Å²) in [5, 5.41) is 10.6. The van der Waals surface area contributed by atoms with Gasteiger partial charge in [0.05, 0.1) is 11.4 Å². The van der Waals surface area contributed by atoms with Gasteiger partial charge in [-0.3, -0.25) is 0 Å². The molecule has 0 aromatic carbocycles. The van der Waals surface area contributed by atoms with Crippen LogP contribution < -0.4 is 34.7 Å². The zero-order chi connectivity index (χ0) is 9.19. The molecule has 1 aromatic heterocycles. The van der Waals surface area contributed by atoms with Crippen LogP contribution in [0.1, 0.15) is 19.7 Å². The predicted octanol–water partition coefficient (Wildman–Crippen LogP) is -3.49. The van der Waals surface area contributed by atoms with Gasteiger partial charge >= 0.3 is 29.6 Å². The predicted molar refractivity (Wildman–Crippen MR) is 40.1 cm³/mol. The van der Waals surface area contributed by atoms with Crippen LogP contribution in [0, 0.1) is 0 Å². The first-order valence-electron chi connectivity index (χ1n) is 3.54. The van der Waals surface area contributed by atoms with E-state index < -0.39 is 11.4 Å². The maximum absolute atomic E-state index is 10.6. The third kappa shape index (κ3) is 2.76. The average molecular weight is 188 g/mol. The smallest absolute Gasteiger partial charge is 0.549 e. The fourth-order valence-corrected chi connectivity index (χ4v) is 0.713. The van der Waals surface area contributed by atoms with Gasteiger partial charge in [0.2, 0.25) is 0 Å². The molecule has 0 unspecified atom stereocenters. The Bertz CT molecular complexity index is 287. The Kier molecular flexibility index (Phi) is 4.53. The summed E-state index contributed by atoms with van der Waals surface area (Å²) in [5.41, 5.74) is -1.12. The van der Waals surface area contributed by atoms with E-state index in [2.05, 4.69) is 9.97 Å². The summed E-state index contributed by atoms with van der Waals surface area (Å²) in [6.45, 7) is 3.02. The maximum Gasteiger partial charge on any atom is 1.00 e. The molecule has 4 nitrogen and oxygen atoms in total. The number of aliphatic carboxylic acids is 1. The van der Waals surface area contributed by atoms with Crippen molar-refractivity contribution in [1.29, 1.82) is 0 Å². The van der Waals surface area contributed by atoms with Crippen LogP contribution in [-0.4, -0.2) is 15.9 Å². The second kappa shape index (κ2) is 4.69. The molecule has 1 heterocycles. The molecule has 1 aromatic rings. The number of carbonyl (C=O) groups excluding carboxylic acids is 1. The number of carboxylic acid groups (broad SMARTS) is 1. The summed E-state index contributed by atoms with van der Waals surface area (Å²) in [6, 6.07) is 1.63. The SMILES string of the molecule is CC(C)(C(=O)[O-])c1ncccn1.[Na+]. The Morgan fingerprint density at radius 2 is 1.85 bits per heavy atom.